The van der Waals surface area contributed by atoms with Crippen LogP contribution in [0.3, 0.4) is 0 Å². The van der Waals surface area contributed by atoms with Crippen LogP contribution in [-0.2, 0) is 11.2 Å². The third-order valence-corrected chi connectivity index (χ3v) is 5.59. The van der Waals surface area contributed by atoms with Crippen LogP contribution in [0, 0.1) is 11.3 Å². The first-order valence-electron chi connectivity index (χ1n) is 8.50. The molecule has 2 atom stereocenters. The van der Waals surface area contributed by atoms with E-state index < -0.39 is 6.10 Å². The Morgan fingerprint density at radius 1 is 1.33 bits per heavy atom. The van der Waals surface area contributed by atoms with Gasteiger partial charge in [-0.25, -0.2) is 4.99 Å². The van der Waals surface area contributed by atoms with Gasteiger partial charge in [0.05, 0.1) is 31.0 Å². The number of fused-ring (bicyclic) bond motifs is 1. The monoisotopic (exact) mass is 346 g/mol. The number of nitriles is 1. The molecule has 2 aliphatic rings. The van der Waals surface area contributed by atoms with Gasteiger partial charge in [0.25, 0.3) is 0 Å². The Hall–Kier alpha value is -1.39. The molecule has 2 N–H and O–H groups in total. The number of hydrogen-bond acceptors (Lipinski definition) is 5. The topological polar surface area (TPSA) is 70.5 Å². The van der Waals surface area contributed by atoms with Gasteiger partial charge >= 0.3 is 0 Å². The second-order valence-electron chi connectivity index (χ2n) is 6.20. The Kier molecular flexibility index (Phi) is 6.27. The molecular weight excluding hydrogens is 322 g/mol. The normalized spacial score (nSPS) is 20.6. The van der Waals surface area contributed by atoms with E-state index in [0.29, 0.717) is 13.0 Å². The Labute approximate surface area is 147 Å². The van der Waals surface area contributed by atoms with Gasteiger partial charge in [-0.2, -0.15) is 5.26 Å². The van der Waals surface area contributed by atoms with Crippen molar-refractivity contribution < 1.29 is 14.8 Å². The van der Waals surface area contributed by atoms with Crippen LogP contribution in [-0.4, -0.2) is 65.8 Å². The molecule has 0 aromatic heterocycles. The Morgan fingerprint density at radius 2 is 2.12 bits per heavy atom. The summed E-state index contributed by atoms with van der Waals surface area (Å²) in [6.07, 6.45) is 1.00. The number of nitrogens with zero attached hydrogens (tertiary/aromatic N) is 2. The van der Waals surface area contributed by atoms with Gasteiger partial charge in [-0.1, -0.05) is 18.2 Å². The van der Waals surface area contributed by atoms with Crippen molar-refractivity contribution in [3.63, 3.8) is 0 Å². The Morgan fingerprint density at radius 3 is 2.92 bits per heavy atom. The smallest absolute Gasteiger partial charge is 0.242 e. The second kappa shape index (κ2) is 8.63. The summed E-state index contributed by atoms with van der Waals surface area (Å²) in [5, 5.41) is 20.7. The zero-order chi connectivity index (χ0) is 16.8. The highest BCUT2D eigenvalue weighted by Crippen LogP contribution is 2.23. The Balaban J connectivity index is 1.57. The maximum atomic E-state index is 10.4. The summed E-state index contributed by atoms with van der Waals surface area (Å²) < 4.78 is 5.33. The molecule has 128 valence electrons. The average molecular weight is 346 g/mol. The minimum Gasteiger partial charge on any atom is -0.392 e. The second-order valence-corrected chi connectivity index (χ2v) is 7.41. The van der Waals surface area contributed by atoms with Crippen molar-refractivity contribution >= 4 is 16.8 Å². The lowest BCUT2D eigenvalue weighted by Crippen LogP contribution is -2.75. The van der Waals surface area contributed by atoms with Crippen molar-refractivity contribution in [2.45, 2.75) is 24.2 Å². The van der Waals surface area contributed by atoms with Crippen LogP contribution in [0.15, 0.2) is 24.3 Å². The summed E-state index contributed by atoms with van der Waals surface area (Å²) in [5.41, 5.74) is 2.51. The number of thioether (sulfide) groups is 1. The van der Waals surface area contributed by atoms with E-state index in [1.807, 2.05) is 6.07 Å². The lowest BCUT2D eigenvalue weighted by Gasteiger charge is -2.28. The largest absolute Gasteiger partial charge is 0.392 e. The molecule has 0 aliphatic carbocycles. The molecule has 0 saturated carbocycles. The number of ether oxygens (including phenoxy) is 1. The van der Waals surface area contributed by atoms with Gasteiger partial charge in [0, 0.05) is 32.5 Å². The molecule has 1 aromatic carbocycles. The third-order valence-electron chi connectivity index (χ3n) is 4.40. The molecule has 2 heterocycles. The van der Waals surface area contributed by atoms with Crippen LogP contribution < -0.4 is 4.99 Å². The molecule has 2 aliphatic heterocycles. The first-order valence-corrected chi connectivity index (χ1v) is 9.38. The number of hydrogen-bond donors (Lipinski definition) is 2. The number of rotatable bonds is 5. The summed E-state index contributed by atoms with van der Waals surface area (Å²) in [6.45, 7) is 4.67. The van der Waals surface area contributed by atoms with Gasteiger partial charge in [0.2, 0.25) is 5.04 Å². The number of aliphatic hydroxyl groups excluding tert-OH is 1. The van der Waals surface area contributed by atoms with Gasteiger partial charge in [-0.15, -0.1) is 0 Å². The van der Waals surface area contributed by atoms with Gasteiger partial charge in [-0.05, 0) is 23.4 Å². The molecule has 24 heavy (non-hydrogen) atoms. The standard InChI is InChI=1S/C18H23N3O2S/c19-12-16(11-15(22)13-21-7-9-23-10-8-21)24-18-17-4-2-1-3-14(17)5-6-20-18/h1-4,15-16,22H,5-11,13H2/p+1. The van der Waals surface area contributed by atoms with Crippen molar-refractivity contribution in [3.8, 4) is 6.07 Å². The molecule has 5 nitrogen and oxygen atoms in total. The van der Waals surface area contributed by atoms with Crippen LogP contribution in [0.1, 0.15) is 17.5 Å². The number of benzene rings is 1. The highest BCUT2D eigenvalue weighted by Gasteiger charge is 2.26. The van der Waals surface area contributed by atoms with Crippen LogP contribution in [0.4, 0.5) is 0 Å². The highest BCUT2D eigenvalue weighted by atomic mass is 32.2. The molecule has 0 radical (unpaired) electrons. The summed E-state index contributed by atoms with van der Waals surface area (Å²) in [5.74, 6) is 0. The SMILES string of the molecule is N#CC(CC(O)CN1CCOCC1)SC1=[NH+]CCc2ccccc21. The van der Waals surface area contributed by atoms with E-state index in [1.165, 1.54) is 22.9 Å². The summed E-state index contributed by atoms with van der Waals surface area (Å²) in [4.78, 5) is 5.62. The molecule has 1 fully saturated rings. The number of aliphatic hydroxyl groups is 1. The fourth-order valence-electron chi connectivity index (χ4n) is 3.14. The molecule has 2 unspecified atom stereocenters. The van der Waals surface area contributed by atoms with Crippen LogP contribution in [0.2, 0.25) is 0 Å². The van der Waals surface area contributed by atoms with Crippen LogP contribution in [0.5, 0.6) is 0 Å². The number of nitrogens with one attached hydrogen (secondary N) is 1. The lowest BCUT2D eigenvalue weighted by molar-refractivity contribution is -0.454. The van der Waals surface area contributed by atoms with E-state index in [-0.39, 0.29) is 5.25 Å². The summed E-state index contributed by atoms with van der Waals surface area (Å²) in [6, 6.07) is 10.7. The lowest BCUT2D eigenvalue weighted by atomic mass is 10.0. The van der Waals surface area contributed by atoms with E-state index in [9.17, 15) is 10.4 Å². The molecule has 0 spiro atoms. The van der Waals surface area contributed by atoms with Crippen molar-refractivity contribution in [2.75, 3.05) is 39.4 Å². The summed E-state index contributed by atoms with van der Waals surface area (Å²) >= 11 is 1.54. The predicted molar refractivity (Wildman–Crippen MR) is 95.0 cm³/mol. The van der Waals surface area contributed by atoms with E-state index in [1.54, 1.807) is 0 Å². The Bertz CT molecular complexity index is 623. The average Bonchev–Trinajstić information content (AvgIpc) is 2.62. The fourth-order valence-corrected chi connectivity index (χ4v) is 4.31. The van der Waals surface area contributed by atoms with Gasteiger partial charge in [-0.3, -0.25) is 4.90 Å². The van der Waals surface area contributed by atoms with E-state index in [4.69, 9.17) is 4.74 Å². The maximum absolute atomic E-state index is 10.4. The minimum absolute atomic E-state index is 0.255. The molecule has 0 amide bonds. The zero-order valence-corrected chi connectivity index (χ0v) is 14.6. The fraction of sp³-hybridized carbons (Fsp3) is 0.556. The highest BCUT2D eigenvalue weighted by molar-refractivity contribution is 8.14. The van der Waals surface area contributed by atoms with Gasteiger partial charge in [0.15, 0.2) is 0 Å². The van der Waals surface area contributed by atoms with E-state index in [0.717, 1.165) is 44.3 Å². The first-order chi connectivity index (χ1) is 11.8. The molecule has 1 aromatic rings. The van der Waals surface area contributed by atoms with Gasteiger partial charge < -0.3 is 9.84 Å². The van der Waals surface area contributed by atoms with E-state index >= 15 is 0 Å². The van der Waals surface area contributed by atoms with Crippen LogP contribution in [0.25, 0.3) is 0 Å². The van der Waals surface area contributed by atoms with E-state index in [2.05, 4.69) is 34.2 Å². The van der Waals surface area contributed by atoms with Crippen molar-refractivity contribution in [3.05, 3.63) is 35.4 Å². The molecule has 0 bridgehead atoms. The third kappa shape index (κ3) is 4.58. The van der Waals surface area contributed by atoms with Crippen LogP contribution >= 0.6 is 11.8 Å². The van der Waals surface area contributed by atoms with Crippen molar-refractivity contribution in [2.24, 2.45) is 0 Å². The maximum Gasteiger partial charge on any atom is 0.242 e. The molecular formula is C18H24N3O2S+. The van der Waals surface area contributed by atoms with Crippen molar-refractivity contribution in [1.82, 2.24) is 4.90 Å². The zero-order valence-electron chi connectivity index (χ0n) is 13.8. The van der Waals surface area contributed by atoms with Gasteiger partial charge in [0.1, 0.15) is 11.8 Å². The summed E-state index contributed by atoms with van der Waals surface area (Å²) in [7, 11) is 0. The molecule has 6 heteroatoms. The van der Waals surface area contributed by atoms with Crippen molar-refractivity contribution in [1.29, 1.82) is 5.26 Å². The molecule has 1 saturated heterocycles. The molecule has 3 rings (SSSR count). The first kappa shape index (κ1) is 17.4. The quantitative estimate of drug-likeness (QED) is 0.771. The minimum atomic E-state index is -0.486. The number of morpholine rings is 1. The number of β-amino-alcohol motifs (C(OH)–C–C–N with tert-alkyl or cyclic N) is 1. The predicted octanol–water partition coefficient (Wildman–Crippen LogP) is -0.222.